The number of nitrogens with zero attached hydrogens (tertiary/aromatic N) is 1. The van der Waals surface area contributed by atoms with Gasteiger partial charge in [0.25, 0.3) is 0 Å². The number of benzene rings is 2. The van der Waals surface area contributed by atoms with Gasteiger partial charge in [-0.3, -0.25) is 4.98 Å². The monoisotopic (exact) mass is 293 g/mol. The molecule has 1 aromatic heterocycles. The van der Waals surface area contributed by atoms with Crippen molar-refractivity contribution in [3.05, 3.63) is 84.3 Å². The summed E-state index contributed by atoms with van der Waals surface area (Å²) in [5.41, 5.74) is 1.72. The summed E-state index contributed by atoms with van der Waals surface area (Å²) >= 11 is 0. The van der Waals surface area contributed by atoms with Gasteiger partial charge in [-0.05, 0) is 48.5 Å². The molecule has 2 aromatic carbocycles. The summed E-state index contributed by atoms with van der Waals surface area (Å²) < 4.78 is 18.3. The molecule has 0 saturated carbocycles. The van der Waals surface area contributed by atoms with Gasteiger partial charge in [0.2, 0.25) is 0 Å². The zero-order valence-corrected chi connectivity index (χ0v) is 11.6. The molecular weight excluding hydrogens is 281 g/mol. The van der Waals surface area contributed by atoms with E-state index in [4.69, 9.17) is 4.74 Å². The first-order valence-electron chi connectivity index (χ1n) is 6.72. The lowest BCUT2D eigenvalue weighted by molar-refractivity contribution is 0.0735. The molecule has 0 spiro atoms. The molecule has 3 aromatic rings. The van der Waals surface area contributed by atoms with Gasteiger partial charge >= 0.3 is 5.97 Å². The summed E-state index contributed by atoms with van der Waals surface area (Å²) in [5, 5.41) is 0. The lowest BCUT2D eigenvalue weighted by Gasteiger charge is -2.09. The minimum Gasteiger partial charge on any atom is -0.422 e. The number of para-hydroxylation sites is 1. The number of hydrogen-bond acceptors (Lipinski definition) is 3. The third-order valence-corrected chi connectivity index (χ3v) is 3.11. The minimum atomic E-state index is -0.539. The summed E-state index contributed by atoms with van der Waals surface area (Å²) in [7, 11) is 0. The molecule has 0 radical (unpaired) electrons. The van der Waals surface area contributed by atoms with E-state index < -0.39 is 11.8 Å². The Balaban J connectivity index is 1.90. The first kappa shape index (κ1) is 13.9. The number of pyridine rings is 1. The molecule has 3 nitrogen and oxygen atoms in total. The van der Waals surface area contributed by atoms with Crippen molar-refractivity contribution in [1.82, 2.24) is 4.98 Å². The van der Waals surface area contributed by atoms with Crippen molar-refractivity contribution < 1.29 is 13.9 Å². The van der Waals surface area contributed by atoms with Crippen LogP contribution in [0.15, 0.2) is 72.9 Å². The highest BCUT2D eigenvalue weighted by atomic mass is 19.1. The SMILES string of the molecule is O=C(Oc1ccccc1-c1ccccn1)c1ccc(F)cc1. The molecule has 0 aliphatic carbocycles. The largest absolute Gasteiger partial charge is 0.422 e. The molecular formula is C18H12FNO2. The zero-order valence-electron chi connectivity index (χ0n) is 11.6. The van der Waals surface area contributed by atoms with Gasteiger partial charge < -0.3 is 4.74 Å². The van der Waals surface area contributed by atoms with Crippen LogP contribution in [0.1, 0.15) is 10.4 Å². The van der Waals surface area contributed by atoms with Crippen molar-refractivity contribution in [3.8, 4) is 17.0 Å². The molecule has 3 rings (SSSR count). The van der Waals surface area contributed by atoms with E-state index in [1.54, 1.807) is 18.3 Å². The van der Waals surface area contributed by atoms with E-state index in [0.717, 1.165) is 5.56 Å². The highest BCUT2D eigenvalue weighted by molar-refractivity contribution is 5.92. The zero-order chi connectivity index (χ0) is 15.4. The average Bonchev–Trinajstić information content (AvgIpc) is 2.57. The predicted octanol–water partition coefficient (Wildman–Crippen LogP) is 4.11. The fraction of sp³-hybridized carbons (Fsp3) is 0. The first-order valence-corrected chi connectivity index (χ1v) is 6.72. The highest BCUT2D eigenvalue weighted by Gasteiger charge is 2.13. The second-order valence-corrected chi connectivity index (χ2v) is 4.61. The van der Waals surface area contributed by atoms with Crippen LogP contribution in [0.4, 0.5) is 4.39 Å². The van der Waals surface area contributed by atoms with Gasteiger partial charge in [-0.25, -0.2) is 9.18 Å². The van der Waals surface area contributed by atoms with E-state index in [-0.39, 0.29) is 5.56 Å². The van der Waals surface area contributed by atoms with Crippen molar-refractivity contribution in [3.63, 3.8) is 0 Å². The van der Waals surface area contributed by atoms with E-state index in [0.29, 0.717) is 11.4 Å². The Morgan fingerprint density at radius 3 is 2.36 bits per heavy atom. The molecule has 0 amide bonds. The van der Waals surface area contributed by atoms with Crippen LogP contribution in [0.25, 0.3) is 11.3 Å². The second kappa shape index (κ2) is 6.18. The van der Waals surface area contributed by atoms with Gasteiger partial charge in [0.05, 0.1) is 11.3 Å². The Morgan fingerprint density at radius 2 is 1.64 bits per heavy atom. The summed E-state index contributed by atoms with van der Waals surface area (Å²) in [5.74, 6) is -0.524. The number of carbonyl (C=O) groups is 1. The molecule has 0 N–H and O–H groups in total. The number of rotatable bonds is 3. The van der Waals surface area contributed by atoms with E-state index in [1.165, 1.54) is 24.3 Å². The molecule has 4 heteroatoms. The third-order valence-electron chi connectivity index (χ3n) is 3.11. The lowest BCUT2D eigenvalue weighted by atomic mass is 10.1. The molecule has 0 saturated heterocycles. The fourth-order valence-electron chi connectivity index (χ4n) is 2.03. The molecule has 0 aliphatic heterocycles. The average molecular weight is 293 g/mol. The van der Waals surface area contributed by atoms with Crippen LogP contribution in [0, 0.1) is 5.82 Å². The van der Waals surface area contributed by atoms with Gasteiger partial charge in [-0.1, -0.05) is 18.2 Å². The van der Waals surface area contributed by atoms with E-state index in [1.807, 2.05) is 30.3 Å². The minimum absolute atomic E-state index is 0.289. The lowest BCUT2D eigenvalue weighted by Crippen LogP contribution is -2.09. The number of aromatic nitrogens is 1. The van der Waals surface area contributed by atoms with Crippen LogP contribution >= 0.6 is 0 Å². The van der Waals surface area contributed by atoms with Crippen LogP contribution in [0.5, 0.6) is 5.75 Å². The van der Waals surface area contributed by atoms with Crippen LogP contribution in [0.3, 0.4) is 0 Å². The summed E-state index contributed by atoms with van der Waals surface area (Å²) in [6, 6.07) is 17.9. The molecule has 1 heterocycles. The molecule has 0 bridgehead atoms. The first-order chi connectivity index (χ1) is 10.7. The van der Waals surface area contributed by atoms with Gasteiger partial charge in [-0.2, -0.15) is 0 Å². The van der Waals surface area contributed by atoms with E-state index in [9.17, 15) is 9.18 Å². The Morgan fingerprint density at radius 1 is 0.909 bits per heavy atom. The summed E-state index contributed by atoms with van der Waals surface area (Å²) in [4.78, 5) is 16.4. The summed E-state index contributed by atoms with van der Waals surface area (Å²) in [6.07, 6.45) is 1.67. The quantitative estimate of drug-likeness (QED) is 0.539. The maximum Gasteiger partial charge on any atom is 0.343 e. The third kappa shape index (κ3) is 3.01. The predicted molar refractivity (Wildman–Crippen MR) is 81.0 cm³/mol. The maximum absolute atomic E-state index is 12.9. The molecule has 0 unspecified atom stereocenters. The van der Waals surface area contributed by atoms with Crippen LogP contribution in [-0.4, -0.2) is 11.0 Å². The molecule has 0 atom stereocenters. The van der Waals surface area contributed by atoms with Crippen molar-refractivity contribution in [2.75, 3.05) is 0 Å². The number of hydrogen-bond donors (Lipinski definition) is 0. The van der Waals surface area contributed by atoms with E-state index >= 15 is 0 Å². The highest BCUT2D eigenvalue weighted by Crippen LogP contribution is 2.28. The molecule has 22 heavy (non-hydrogen) atoms. The molecule has 0 fully saturated rings. The Kier molecular flexibility index (Phi) is 3.92. The Bertz CT molecular complexity index is 786. The van der Waals surface area contributed by atoms with Crippen molar-refractivity contribution in [2.45, 2.75) is 0 Å². The van der Waals surface area contributed by atoms with Crippen molar-refractivity contribution in [2.24, 2.45) is 0 Å². The number of halogens is 1. The standard InChI is InChI=1S/C18H12FNO2/c19-14-10-8-13(9-11-14)18(21)22-17-7-2-1-5-15(17)16-6-3-4-12-20-16/h1-12H. The van der Waals surface area contributed by atoms with E-state index in [2.05, 4.69) is 4.98 Å². The van der Waals surface area contributed by atoms with Gasteiger partial charge in [0, 0.05) is 11.8 Å². The fourth-order valence-corrected chi connectivity index (χ4v) is 2.03. The van der Waals surface area contributed by atoms with Crippen molar-refractivity contribution in [1.29, 1.82) is 0 Å². The smallest absolute Gasteiger partial charge is 0.343 e. The topological polar surface area (TPSA) is 39.2 Å². The Labute approximate surface area is 127 Å². The normalized spacial score (nSPS) is 10.2. The Hall–Kier alpha value is -3.01. The second-order valence-electron chi connectivity index (χ2n) is 4.61. The number of ether oxygens (including phenoxy) is 1. The number of carbonyl (C=O) groups excluding carboxylic acids is 1. The van der Waals surface area contributed by atoms with Gasteiger partial charge in [-0.15, -0.1) is 0 Å². The molecule has 0 aliphatic rings. The van der Waals surface area contributed by atoms with Crippen LogP contribution in [-0.2, 0) is 0 Å². The molecule has 108 valence electrons. The summed E-state index contributed by atoms with van der Waals surface area (Å²) in [6.45, 7) is 0. The van der Waals surface area contributed by atoms with Crippen molar-refractivity contribution >= 4 is 5.97 Å². The number of esters is 1. The van der Waals surface area contributed by atoms with Gasteiger partial charge in [0.15, 0.2) is 0 Å². The van der Waals surface area contributed by atoms with Gasteiger partial charge in [0.1, 0.15) is 11.6 Å². The maximum atomic E-state index is 12.9. The van der Waals surface area contributed by atoms with Crippen LogP contribution < -0.4 is 4.74 Å². The van der Waals surface area contributed by atoms with Crippen LogP contribution in [0.2, 0.25) is 0 Å².